The highest BCUT2D eigenvalue weighted by atomic mass is 35.5. The third-order valence-electron chi connectivity index (χ3n) is 1.99. The third-order valence-corrected chi connectivity index (χ3v) is 1.99. The second-order valence-corrected chi connectivity index (χ2v) is 2.58. The molecule has 6 heteroatoms. The van der Waals surface area contributed by atoms with Gasteiger partial charge in [-0.15, -0.1) is 12.4 Å². The highest BCUT2D eigenvalue weighted by molar-refractivity contribution is 5.98. The van der Waals surface area contributed by atoms with Crippen molar-refractivity contribution in [1.82, 2.24) is 0 Å². The van der Waals surface area contributed by atoms with Gasteiger partial charge in [-0.05, 0) is 19.4 Å². The summed E-state index contributed by atoms with van der Waals surface area (Å²) in [5.41, 5.74) is 3.44. The Hall–Kier alpha value is -0.810. The largest absolute Gasteiger partial charge is 0.480 e. The zero-order chi connectivity index (χ0) is 9.78. The van der Waals surface area contributed by atoms with Gasteiger partial charge in [0.05, 0.1) is 0 Å². The quantitative estimate of drug-likeness (QED) is 0.569. The summed E-state index contributed by atoms with van der Waals surface area (Å²) in [6.45, 7) is 1.59. The number of carboxylic acid groups (broad SMARTS) is 2. The molecule has 0 spiro atoms. The van der Waals surface area contributed by atoms with E-state index in [-0.39, 0.29) is 31.8 Å². The average molecular weight is 212 g/mol. The molecule has 0 unspecified atom stereocenters. The molecular weight excluding hydrogens is 198 g/mol. The van der Waals surface area contributed by atoms with Crippen molar-refractivity contribution in [2.24, 2.45) is 11.1 Å². The summed E-state index contributed by atoms with van der Waals surface area (Å²) in [4.78, 5) is 21.3. The molecule has 0 atom stereocenters. The van der Waals surface area contributed by atoms with Gasteiger partial charge >= 0.3 is 11.9 Å². The van der Waals surface area contributed by atoms with Gasteiger partial charge in [-0.1, -0.05) is 6.92 Å². The number of nitrogens with two attached hydrogens (primary N) is 1. The number of halogens is 1. The van der Waals surface area contributed by atoms with E-state index < -0.39 is 17.4 Å². The van der Waals surface area contributed by atoms with E-state index in [4.69, 9.17) is 15.9 Å². The molecule has 0 aromatic heterocycles. The lowest BCUT2D eigenvalue weighted by Gasteiger charge is -2.21. The van der Waals surface area contributed by atoms with E-state index in [1.807, 2.05) is 0 Å². The summed E-state index contributed by atoms with van der Waals surface area (Å²) < 4.78 is 0. The SMILES string of the molecule is CCC(CCN)(C(=O)O)C(=O)O.Cl. The zero-order valence-electron chi connectivity index (χ0n) is 7.32. The van der Waals surface area contributed by atoms with E-state index in [9.17, 15) is 9.59 Å². The fourth-order valence-corrected chi connectivity index (χ4v) is 1.03. The van der Waals surface area contributed by atoms with Crippen molar-refractivity contribution in [2.75, 3.05) is 6.54 Å². The van der Waals surface area contributed by atoms with E-state index >= 15 is 0 Å². The van der Waals surface area contributed by atoms with E-state index in [2.05, 4.69) is 0 Å². The first-order valence-electron chi connectivity index (χ1n) is 3.68. The van der Waals surface area contributed by atoms with Gasteiger partial charge in [-0.2, -0.15) is 0 Å². The number of aliphatic carboxylic acids is 2. The third kappa shape index (κ3) is 2.86. The number of carbonyl (C=O) groups is 2. The predicted octanol–water partition coefficient (Wildman–Crippen LogP) is 0.323. The van der Waals surface area contributed by atoms with E-state index in [0.29, 0.717) is 0 Å². The first-order valence-corrected chi connectivity index (χ1v) is 3.68. The molecule has 5 nitrogen and oxygen atoms in total. The molecule has 0 aromatic rings. The Morgan fingerprint density at radius 1 is 1.31 bits per heavy atom. The molecule has 0 fully saturated rings. The van der Waals surface area contributed by atoms with Crippen LogP contribution in [0.15, 0.2) is 0 Å². The van der Waals surface area contributed by atoms with Crippen molar-refractivity contribution in [1.29, 1.82) is 0 Å². The predicted molar refractivity (Wildman–Crippen MR) is 48.9 cm³/mol. The summed E-state index contributed by atoms with van der Waals surface area (Å²) in [5, 5.41) is 17.4. The maximum Gasteiger partial charge on any atom is 0.321 e. The van der Waals surface area contributed by atoms with E-state index in [0.717, 1.165) is 0 Å². The molecular formula is C7H14ClNO4. The average Bonchev–Trinajstić information content (AvgIpc) is 1.98. The van der Waals surface area contributed by atoms with Gasteiger partial charge in [0.2, 0.25) is 0 Å². The minimum Gasteiger partial charge on any atom is -0.480 e. The molecule has 0 aliphatic rings. The first kappa shape index (κ1) is 14.7. The van der Waals surface area contributed by atoms with Crippen molar-refractivity contribution in [3.05, 3.63) is 0 Å². The Labute approximate surface area is 82.3 Å². The minimum absolute atomic E-state index is 0. The number of rotatable bonds is 5. The summed E-state index contributed by atoms with van der Waals surface area (Å²) in [6.07, 6.45) is 0.0169. The molecule has 0 amide bonds. The second-order valence-electron chi connectivity index (χ2n) is 2.58. The Bertz CT molecular complexity index is 181. The van der Waals surface area contributed by atoms with Crippen LogP contribution in [0.2, 0.25) is 0 Å². The van der Waals surface area contributed by atoms with Crippen LogP contribution in [0.4, 0.5) is 0 Å². The van der Waals surface area contributed by atoms with Crippen LogP contribution in [0, 0.1) is 5.41 Å². The van der Waals surface area contributed by atoms with E-state index in [1.165, 1.54) is 6.92 Å². The monoisotopic (exact) mass is 211 g/mol. The molecule has 78 valence electrons. The molecule has 0 heterocycles. The fourth-order valence-electron chi connectivity index (χ4n) is 1.03. The van der Waals surface area contributed by atoms with Crippen molar-refractivity contribution >= 4 is 24.3 Å². The van der Waals surface area contributed by atoms with Crippen LogP contribution in [0.25, 0.3) is 0 Å². The molecule has 0 aliphatic heterocycles. The molecule has 0 rings (SSSR count). The molecule has 0 saturated heterocycles. The Kier molecular flexibility index (Phi) is 6.53. The lowest BCUT2D eigenvalue weighted by Crippen LogP contribution is -2.40. The van der Waals surface area contributed by atoms with Crippen molar-refractivity contribution < 1.29 is 19.8 Å². The number of hydrogen-bond donors (Lipinski definition) is 3. The summed E-state index contributed by atoms with van der Waals surface area (Å²) in [6, 6.07) is 0. The standard InChI is InChI=1S/C7H13NO4.ClH/c1-2-7(3-4-8,5(9)10)6(11)12;/h2-4,8H2,1H3,(H,9,10)(H,11,12);1H. The minimum atomic E-state index is -1.70. The molecule has 0 radical (unpaired) electrons. The first-order chi connectivity index (χ1) is 5.51. The fraction of sp³-hybridized carbons (Fsp3) is 0.714. The van der Waals surface area contributed by atoms with Crippen LogP contribution in [0.5, 0.6) is 0 Å². The molecule has 0 bridgehead atoms. The molecule has 4 N–H and O–H groups in total. The van der Waals surface area contributed by atoms with Crippen LogP contribution in [0.1, 0.15) is 19.8 Å². The topological polar surface area (TPSA) is 101 Å². The molecule has 0 saturated carbocycles. The summed E-state index contributed by atoms with van der Waals surface area (Å²) >= 11 is 0. The van der Waals surface area contributed by atoms with Crippen molar-refractivity contribution in [2.45, 2.75) is 19.8 Å². The maximum atomic E-state index is 10.6. The van der Waals surface area contributed by atoms with Gasteiger partial charge in [0.15, 0.2) is 5.41 Å². The van der Waals surface area contributed by atoms with E-state index in [1.54, 1.807) is 0 Å². The normalized spacial score (nSPS) is 10.3. The molecule has 0 aromatic carbocycles. The van der Waals surface area contributed by atoms with Crippen molar-refractivity contribution in [3.8, 4) is 0 Å². The lowest BCUT2D eigenvalue weighted by atomic mass is 9.82. The maximum absolute atomic E-state index is 10.6. The van der Waals surface area contributed by atoms with Crippen LogP contribution >= 0.6 is 12.4 Å². The highest BCUT2D eigenvalue weighted by Gasteiger charge is 2.43. The summed E-state index contributed by atoms with van der Waals surface area (Å²) in [7, 11) is 0. The second kappa shape index (κ2) is 5.77. The Morgan fingerprint density at radius 3 is 1.77 bits per heavy atom. The molecule has 13 heavy (non-hydrogen) atoms. The Balaban J connectivity index is 0. The van der Waals surface area contributed by atoms with Crippen LogP contribution in [0.3, 0.4) is 0 Å². The van der Waals surface area contributed by atoms with Gasteiger partial charge in [-0.25, -0.2) is 0 Å². The lowest BCUT2D eigenvalue weighted by molar-refractivity contribution is -0.165. The van der Waals surface area contributed by atoms with Crippen LogP contribution in [-0.4, -0.2) is 28.7 Å². The van der Waals surface area contributed by atoms with Crippen molar-refractivity contribution in [3.63, 3.8) is 0 Å². The number of carboxylic acids is 2. The zero-order valence-corrected chi connectivity index (χ0v) is 8.13. The summed E-state index contributed by atoms with van der Waals surface area (Å²) in [5.74, 6) is -2.63. The van der Waals surface area contributed by atoms with Gasteiger partial charge < -0.3 is 15.9 Å². The Morgan fingerprint density at radius 2 is 1.69 bits per heavy atom. The van der Waals surface area contributed by atoms with Gasteiger partial charge in [0, 0.05) is 0 Å². The number of hydrogen-bond acceptors (Lipinski definition) is 3. The highest BCUT2D eigenvalue weighted by Crippen LogP contribution is 2.26. The molecule has 0 aliphatic carbocycles. The smallest absolute Gasteiger partial charge is 0.321 e. The van der Waals surface area contributed by atoms with Gasteiger partial charge in [0.25, 0.3) is 0 Å². The van der Waals surface area contributed by atoms with Crippen LogP contribution < -0.4 is 5.73 Å². The van der Waals surface area contributed by atoms with Crippen LogP contribution in [-0.2, 0) is 9.59 Å². The van der Waals surface area contributed by atoms with Gasteiger partial charge in [-0.3, -0.25) is 9.59 Å². The van der Waals surface area contributed by atoms with Gasteiger partial charge in [0.1, 0.15) is 0 Å².